The SMILES string of the molecule is Cc1ccc(C)n1NC(=O)c1ccc(OCC(=O)NCC(=O)N(C)C)cc1. The summed E-state index contributed by atoms with van der Waals surface area (Å²) in [6, 6.07) is 10.3. The van der Waals surface area contributed by atoms with Crippen molar-refractivity contribution in [1.82, 2.24) is 14.9 Å². The number of amides is 3. The summed E-state index contributed by atoms with van der Waals surface area (Å²) < 4.78 is 7.08. The molecule has 0 fully saturated rings. The van der Waals surface area contributed by atoms with E-state index in [4.69, 9.17) is 4.74 Å². The fraction of sp³-hybridized carbons (Fsp3) is 0.316. The Hall–Kier alpha value is -3.29. The Balaban J connectivity index is 1.85. The predicted molar refractivity (Wildman–Crippen MR) is 101 cm³/mol. The number of hydrogen-bond donors (Lipinski definition) is 2. The van der Waals surface area contributed by atoms with Crippen molar-refractivity contribution < 1.29 is 19.1 Å². The van der Waals surface area contributed by atoms with Crippen LogP contribution in [-0.2, 0) is 9.59 Å². The number of carbonyl (C=O) groups is 3. The maximum atomic E-state index is 12.3. The molecule has 0 spiro atoms. The Labute approximate surface area is 158 Å². The molecule has 1 heterocycles. The van der Waals surface area contributed by atoms with E-state index in [0.29, 0.717) is 11.3 Å². The zero-order chi connectivity index (χ0) is 20.0. The van der Waals surface area contributed by atoms with Gasteiger partial charge in [-0.2, -0.15) is 0 Å². The number of carbonyl (C=O) groups excluding carboxylic acids is 3. The minimum Gasteiger partial charge on any atom is -0.484 e. The molecular formula is C19H24N4O4. The zero-order valence-corrected chi connectivity index (χ0v) is 15.9. The molecule has 0 saturated carbocycles. The molecule has 2 N–H and O–H groups in total. The van der Waals surface area contributed by atoms with E-state index in [-0.39, 0.29) is 25.0 Å². The van der Waals surface area contributed by atoms with Gasteiger partial charge in [0.15, 0.2) is 6.61 Å². The molecular weight excluding hydrogens is 348 g/mol. The Morgan fingerprint density at radius 3 is 2.15 bits per heavy atom. The molecule has 1 aromatic carbocycles. The van der Waals surface area contributed by atoms with Gasteiger partial charge < -0.3 is 15.0 Å². The van der Waals surface area contributed by atoms with Crippen LogP contribution in [0.15, 0.2) is 36.4 Å². The molecule has 0 unspecified atom stereocenters. The normalized spacial score (nSPS) is 10.2. The number of nitrogens with zero attached hydrogens (tertiary/aromatic N) is 2. The van der Waals surface area contributed by atoms with Crippen molar-refractivity contribution in [2.75, 3.05) is 32.7 Å². The van der Waals surface area contributed by atoms with Crippen molar-refractivity contribution in [3.8, 4) is 5.75 Å². The molecule has 2 aromatic rings. The number of benzene rings is 1. The first kappa shape index (κ1) is 20.0. The van der Waals surface area contributed by atoms with Gasteiger partial charge in [-0.1, -0.05) is 0 Å². The molecule has 0 atom stereocenters. The lowest BCUT2D eigenvalue weighted by Gasteiger charge is -2.12. The van der Waals surface area contributed by atoms with E-state index in [9.17, 15) is 14.4 Å². The average Bonchev–Trinajstić information content (AvgIpc) is 2.96. The smallest absolute Gasteiger partial charge is 0.270 e. The monoisotopic (exact) mass is 372 g/mol. The molecule has 8 heteroatoms. The molecule has 27 heavy (non-hydrogen) atoms. The number of ether oxygens (including phenoxy) is 1. The van der Waals surface area contributed by atoms with Gasteiger partial charge in [0.05, 0.1) is 6.54 Å². The topological polar surface area (TPSA) is 92.7 Å². The molecule has 0 radical (unpaired) electrons. The largest absolute Gasteiger partial charge is 0.484 e. The minimum atomic E-state index is -0.398. The summed E-state index contributed by atoms with van der Waals surface area (Å²) in [5.74, 6) is -0.393. The van der Waals surface area contributed by atoms with Crippen molar-refractivity contribution in [3.05, 3.63) is 53.3 Å². The van der Waals surface area contributed by atoms with Crippen molar-refractivity contribution in [2.24, 2.45) is 0 Å². The summed E-state index contributed by atoms with van der Waals surface area (Å²) in [6.07, 6.45) is 0. The van der Waals surface area contributed by atoms with Gasteiger partial charge in [-0.05, 0) is 50.2 Å². The third-order valence-electron chi connectivity index (χ3n) is 3.91. The first-order valence-electron chi connectivity index (χ1n) is 8.44. The summed E-state index contributed by atoms with van der Waals surface area (Å²) in [6.45, 7) is 3.52. The van der Waals surface area contributed by atoms with Gasteiger partial charge in [-0.25, -0.2) is 0 Å². The van der Waals surface area contributed by atoms with Crippen LogP contribution in [-0.4, -0.2) is 54.5 Å². The molecule has 0 aliphatic carbocycles. The minimum absolute atomic E-state index is 0.0769. The van der Waals surface area contributed by atoms with E-state index in [1.54, 1.807) is 43.0 Å². The zero-order valence-electron chi connectivity index (χ0n) is 15.9. The number of hydrogen-bond acceptors (Lipinski definition) is 4. The van der Waals surface area contributed by atoms with Crippen LogP contribution in [0.25, 0.3) is 0 Å². The van der Waals surface area contributed by atoms with Gasteiger partial charge in [-0.3, -0.25) is 24.5 Å². The highest BCUT2D eigenvalue weighted by Gasteiger charge is 2.10. The lowest BCUT2D eigenvalue weighted by Crippen LogP contribution is -2.38. The highest BCUT2D eigenvalue weighted by Crippen LogP contribution is 2.13. The standard InChI is InChI=1S/C19H24N4O4/c1-13-5-6-14(2)23(13)21-19(26)15-7-9-16(10-8-15)27-12-17(24)20-11-18(25)22(3)4/h5-10H,11-12H2,1-4H3,(H,20,24)(H,21,26). The molecule has 0 bridgehead atoms. The maximum absolute atomic E-state index is 12.3. The summed E-state index contributed by atoms with van der Waals surface area (Å²) >= 11 is 0. The number of aryl methyl sites for hydroxylation is 2. The molecule has 1 aromatic heterocycles. The summed E-state index contributed by atoms with van der Waals surface area (Å²) in [5.41, 5.74) is 5.15. The van der Waals surface area contributed by atoms with Gasteiger partial charge >= 0.3 is 0 Å². The lowest BCUT2D eigenvalue weighted by molar-refractivity contribution is -0.131. The second-order valence-electron chi connectivity index (χ2n) is 6.27. The molecule has 144 valence electrons. The third kappa shape index (κ3) is 5.60. The van der Waals surface area contributed by atoms with Crippen LogP contribution in [0.4, 0.5) is 0 Å². The van der Waals surface area contributed by atoms with E-state index < -0.39 is 5.91 Å². The Kier molecular flexibility index (Phi) is 6.59. The molecule has 0 saturated heterocycles. The predicted octanol–water partition coefficient (Wildman–Crippen LogP) is 1.07. The Morgan fingerprint density at radius 1 is 1.00 bits per heavy atom. The maximum Gasteiger partial charge on any atom is 0.270 e. The van der Waals surface area contributed by atoms with Gasteiger partial charge in [-0.15, -0.1) is 0 Å². The quantitative estimate of drug-likeness (QED) is 0.760. The van der Waals surface area contributed by atoms with Gasteiger partial charge in [0.25, 0.3) is 11.8 Å². The number of nitrogens with one attached hydrogen (secondary N) is 2. The average molecular weight is 372 g/mol. The van der Waals surface area contributed by atoms with E-state index in [1.807, 2.05) is 26.0 Å². The highest BCUT2D eigenvalue weighted by molar-refractivity contribution is 6.00. The van der Waals surface area contributed by atoms with Gasteiger partial charge in [0, 0.05) is 31.0 Å². The van der Waals surface area contributed by atoms with Gasteiger partial charge in [0.1, 0.15) is 5.75 Å². The van der Waals surface area contributed by atoms with E-state index >= 15 is 0 Å². The summed E-state index contributed by atoms with van der Waals surface area (Å²) in [4.78, 5) is 36.8. The van der Waals surface area contributed by atoms with Crippen LogP contribution >= 0.6 is 0 Å². The summed E-state index contributed by atoms with van der Waals surface area (Å²) in [5, 5.41) is 2.48. The van der Waals surface area contributed by atoms with Crippen LogP contribution in [0.2, 0.25) is 0 Å². The van der Waals surface area contributed by atoms with E-state index in [0.717, 1.165) is 11.4 Å². The van der Waals surface area contributed by atoms with Crippen molar-refractivity contribution in [3.63, 3.8) is 0 Å². The fourth-order valence-electron chi connectivity index (χ4n) is 2.25. The van der Waals surface area contributed by atoms with Crippen molar-refractivity contribution in [1.29, 1.82) is 0 Å². The molecule has 3 amide bonds. The van der Waals surface area contributed by atoms with Crippen molar-refractivity contribution >= 4 is 17.7 Å². The number of rotatable bonds is 7. The second kappa shape index (κ2) is 8.88. The van der Waals surface area contributed by atoms with Gasteiger partial charge in [0.2, 0.25) is 5.91 Å². The molecule has 8 nitrogen and oxygen atoms in total. The lowest BCUT2D eigenvalue weighted by atomic mass is 10.2. The molecule has 0 aliphatic rings. The van der Waals surface area contributed by atoms with Crippen molar-refractivity contribution in [2.45, 2.75) is 13.8 Å². The Morgan fingerprint density at radius 2 is 1.59 bits per heavy atom. The van der Waals surface area contributed by atoms with E-state index in [2.05, 4.69) is 10.7 Å². The van der Waals surface area contributed by atoms with Crippen LogP contribution < -0.4 is 15.5 Å². The summed E-state index contributed by atoms with van der Waals surface area (Å²) in [7, 11) is 3.23. The van der Waals surface area contributed by atoms with Crippen LogP contribution in [0.1, 0.15) is 21.7 Å². The first-order chi connectivity index (χ1) is 12.8. The number of likely N-dealkylation sites (N-methyl/N-ethyl adjacent to an activating group) is 1. The highest BCUT2D eigenvalue weighted by atomic mass is 16.5. The fourth-order valence-corrected chi connectivity index (χ4v) is 2.25. The van der Waals surface area contributed by atoms with Crippen LogP contribution in [0, 0.1) is 13.8 Å². The number of aromatic nitrogens is 1. The second-order valence-corrected chi connectivity index (χ2v) is 6.27. The van der Waals surface area contributed by atoms with Crippen LogP contribution in [0.5, 0.6) is 5.75 Å². The van der Waals surface area contributed by atoms with Crippen LogP contribution in [0.3, 0.4) is 0 Å². The molecule has 0 aliphatic heterocycles. The first-order valence-corrected chi connectivity index (χ1v) is 8.44. The Bertz CT molecular complexity index is 805. The van der Waals surface area contributed by atoms with E-state index in [1.165, 1.54) is 4.90 Å². The third-order valence-corrected chi connectivity index (χ3v) is 3.91. The molecule has 2 rings (SSSR count).